The number of benzene rings is 1. The number of nitrogens with one attached hydrogen (secondary N) is 1. The van der Waals surface area contributed by atoms with Crippen LogP contribution < -0.4 is 5.32 Å². The molecule has 1 fully saturated rings. The van der Waals surface area contributed by atoms with Gasteiger partial charge in [-0.2, -0.15) is 4.98 Å². The van der Waals surface area contributed by atoms with Crippen LogP contribution in [0.3, 0.4) is 0 Å². The molecule has 3 aromatic rings. The quantitative estimate of drug-likeness (QED) is 0.176. The maximum absolute atomic E-state index is 11.7. The first kappa shape index (κ1) is 26.5. The van der Waals surface area contributed by atoms with E-state index in [1.165, 1.54) is 15.7 Å². The minimum atomic E-state index is -4.84. The monoisotopic (exact) mass is 554 g/mol. The highest BCUT2D eigenvalue weighted by atomic mass is 35.5. The van der Waals surface area contributed by atoms with Crippen molar-refractivity contribution in [3.05, 3.63) is 52.9 Å². The number of aryl methyl sites for hydroxylation is 1. The Balaban J connectivity index is 1.39. The predicted octanol–water partition coefficient (Wildman–Crippen LogP) is 1.71. The molecule has 2 aliphatic rings. The topological polar surface area (TPSA) is 179 Å². The van der Waals surface area contributed by atoms with Crippen molar-refractivity contribution in [2.24, 2.45) is 0 Å². The van der Waals surface area contributed by atoms with Crippen LogP contribution in [0.2, 0.25) is 5.28 Å². The van der Waals surface area contributed by atoms with E-state index in [0.717, 1.165) is 19.8 Å². The lowest BCUT2D eigenvalue weighted by Crippen LogP contribution is -2.39. The van der Waals surface area contributed by atoms with Gasteiger partial charge in [0.05, 0.1) is 24.6 Å². The molecule has 0 spiro atoms. The van der Waals surface area contributed by atoms with Gasteiger partial charge < -0.3 is 44.5 Å². The summed E-state index contributed by atoms with van der Waals surface area (Å²) >= 11 is 6.25. The number of hydrogen-bond acceptors (Lipinski definition) is 9. The number of nitrogens with zero attached hydrogens (tertiary/aromatic N) is 3. The van der Waals surface area contributed by atoms with Crippen LogP contribution in [0.4, 0.5) is 5.82 Å². The van der Waals surface area contributed by atoms with Gasteiger partial charge in [0.2, 0.25) is 5.28 Å². The molecule has 0 amide bonds. The molecule has 1 aliphatic carbocycles. The summed E-state index contributed by atoms with van der Waals surface area (Å²) in [5.74, 6) is 0.517. The maximum atomic E-state index is 11.7. The fourth-order valence-electron chi connectivity index (χ4n) is 4.77. The zero-order valence-corrected chi connectivity index (χ0v) is 21.5. The third-order valence-electron chi connectivity index (χ3n) is 7.07. The molecule has 1 saturated heterocycles. The molecule has 1 unspecified atom stereocenters. The average Bonchev–Trinajstić information content (AvgIpc) is 3.54. The number of aromatic nitrogens is 3. The summed E-state index contributed by atoms with van der Waals surface area (Å²) < 4.78 is 24.3. The van der Waals surface area contributed by atoms with Gasteiger partial charge in [-0.05, 0) is 48.6 Å². The molecule has 0 saturated carbocycles. The lowest BCUT2D eigenvalue weighted by atomic mass is 10.1. The summed E-state index contributed by atoms with van der Waals surface area (Å²) in [6.07, 6.45) is -1.62. The van der Waals surface area contributed by atoms with Crippen molar-refractivity contribution in [3.63, 3.8) is 0 Å². The predicted molar refractivity (Wildman–Crippen MR) is 133 cm³/mol. The van der Waals surface area contributed by atoms with Crippen LogP contribution in [-0.2, 0) is 20.5 Å². The van der Waals surface area contributed by atoms with Gasteiger partial charge >= 0.3 is 7.60 Å². The van der Waals surface area contributed by atoms with Crippen molar-refractivity contribution < 1.29 is 39.1 Å². The number of ether oxygens (including phenoxy) is 2. The molecule has 14 heteroatoms. The summed E-state index contributed by atoms with van der Waals surface area (Å²) in [6.45, 7) is -0.386. The van der Waals surface area contributed by atoms with Gasteiger partial charge in [0.1, 0.15) is 29.8 Å². The van der Waals surface area contributed by atoms with Gasteiger partial charge in [-0.3, -0.25) is 4.57 Å². The molecule has 5 rings (SSSR count). The number of halogens is 1. The zero-order valence-electron chi connectivity index (χ0n) is 19.8. The average molecular weight is 555 g/mol. The third kappa shape index (κ3) is 4.78. The Morgan fingerprint density at radius 3 is 2.73 bits per heavy atom. The van der Waals surface area contributed by atoms with Gasteiger partial charge in [-0.1, -0.05) is 24.3 Å². The molecule has 6 atom stereocenters. The first-order valence-corrected chi connectivity index (χ1v) is 13.7. The highest BCUT2D eigenvalue weighted by Gasteiger charge is 2.48. The molecule has 3 heterocycles. The lowest BCUT2D eigenvalue weighted by Gasteiger charge is -2.30. The van der Waals surface area contributed by atoms with Crippen molar-refractivity contribution in [3.8, 4) is 0 Å². The number of aliphatic hydroxyl groups is 3. The van der Waals surface area contributed by atoms with Gasteiger partial charge in [-0.25, -0.2) is 4.98 Å². The Kier molecular flexibility index (Phi) is 7.07. The van der Waals surface area contributed by atoms with Crippen LogP contribution in [0.1, 0.15) is 36.7 Å². The van der Waals surface area contributed by atoms with Crippen molar-refractivity contribution in [1.29, 1.82) is 0 Å². The Labute approximate surface area is 217 Å². The number of anilines is 1. The molecule has 37 heavy (non-hydrogen) atoms. The van der Waals surface area contributed by atoms with Gasteiger partial charge in [0, 0.05) is 6.20 Å². The fourth-order valence-corrected chi connectivity index (χ4v) is 5.37. The first-order valence-electron chi connectivity index (χ1n) is 11.7. The second-order valence-corrected chi connectivity index (χ2v) is 11.8. The molecule has 1 aromatic carbocycles. The highest BCUT2D eigenvalue weighted by Crippen LogP contribution is 2.51. The summed E-state index contributed by atoms with van der Waals surface area (Å²) in [6, 6.07) is 9.97. The van der Waals surface area contributed by atoms with E-state index in [0.29, 0.717) is 16.9 Å². The van der Waals surface area contributed by atoms with Crippen LogP contribution in [-0.4, -0.2) is 76.5 Å². The summed E-state index contributed by atoms with van der Waals surface area (Å²) in [5, 5.41) is 32.6. The van der Waals surface area contributed by atoms with Crippen molar-refractivity contribution >= 4 is 36.0 Å². The highest BCUT2D eigenvalue weighted by molar-refractivity contribution is 7.53. The molecule has 6 N–H and O–H groups in total. The zero-order chi connectivity index (χ0) is 26.5. The van der Waals surface area contributed by atoms with E-state index < -0.39 is 50.7 Å². The summed E-state index contributed by atoms with van der Waals surface area (Å²) in [5.41, 5.74) is 2.83. The van der Waals surface area contributed by atoms with Crippen LogP contribution >= 0.6 is 19.2 Å². The number of hydrogen-bond donors (Lipinski definition) is 6. The molecule has 0 bridgehead atoms. The van der Waals surface area contributed by atoms with E-state index in [2.05, 4.69) is 27.4 Å². The fraction of sp³-hybridized carbons (Fsp3) is 0.478. The van der Waals surface area contributed by atoms with Gasteiger partial charge in [0.25, 0.3) is 0 Å². The van der Waals surface area contributed by atoms with Crippen LogP contribution in [0.25, 0.3) is 11.0 Å². The van der Waals surface area contributed by atoms with Gasteiger partial charge in [0.15, 0.2) is 11.6 Å². The van der Waals surface area contributed by atoms with Crippen LogP contribution in [0, 0.1) is 0 Å². The van der Waals surface area contributed by atoms with Gasteiger partial charge in [-0.15, -0.1) is 0 Å². The van der Waals surface area contributed by atoms with Crippen molar-refractivity contribution in [1.82, 2.24) is 14.5 Å². The molecule has 12 nitrogen and oxygen atoms in total. The molecule has 0 radical (unpaired) electrons. The Morgan fingerprint density at radius 2 is 2.00 bits per heavy atom. The van der Waals surface area contributed by atoms with Crippen molar-refractivity contribution in [2.75, 3.05) is 18.5 Å². The minimum absolute atomic E-state index is 0.0190. The molecule has 2 aromatic heterocycles. The Hall–Kier alpha value is -2.12. The third-order valence-corrected chi connectivity index (χ3v) is 8.74. The van der Waals surface area contributed by atoms with E-state index in [9.17, 15) is 29.7 Å². The number of fused-ring (bicyclic) bond motifs is 2. The van der Waals surface area contributed by atoms with E-state index in [1.54, 1.807) is 12.3 Å². The number of rotatable bonds is 8. The van der Waals surface area contributed by atoms with Crippen LogP contribution in [0.5, 0.6) is 0 Å². The molecular formula is C23H28ClN4O8P. The number of aliphatic hydroxyl groups excluding tert-OH is 3. The first-order chi connectivity index (χ1) is 17.5. The smallest absolute Gasteiger partial charge is 0.359 e. The Bertz CT molecular complexity index is 1350. The minimum Gasteiger partial charge on any atom is -0.393 e. The second kappa shape index (κ2) is 9.88. The second-order valence-electron chi connectivity index (χ2n) is 9.47. The van der Waals surface area contributed by atoms with E-state index in [1.807, 2.05) is 12.1 Å². The normalized spacial score (nSPS) is 27.4. The molecule has 200 valence electrons. The largest absolute Gasteiger partial charge is 0.393 e. The summed E-state index contributed by atoms with van der Waals surface area (Å²) in [4.78, 5) is 27.7. The molecule has 1 aliphatic heterocycles. The van der Waals surface area contributed by atoms with Crippen molar-refractivity contribution in [2.45, 2.75) is 55.7 Å². The SMILES string of the molecule is CC(CO)(OC[C@H]1O[C@@H](n2ccc3c(N[C@@H]4CCc5ccccc54)nc(Cl)nc32)[C@H](O)[C@@H]1O)P(=O)(O)O. The Morgan fingerprint density at radius 1 is 1.24 bits per heavy atom. The summed E-state index contributed by atoms with van der Waals surface area (Å²) in [7, 11) is -4.84. The lowest BCUT2D eigenvalue weighted by molar-refractivity contribution is -0.102. The van der Waals surface area contributed by atoms with E-state index in [4.69, 9.17) is 21.1 Å². The maximum Gasteiger partial charge on any atom is 0.359 e. The van der Waals surface area contributed by atoms with E-state index >= 15 is 0 Å². The van der Waals surface area contributed by atoms with E-state index in [-0.39, 0.29) is 11.3 Å². The standard InChI is InChI=1S/C23H28ClN4O8P/c1-23(11-29,37(32,33)34)35-10-16-17(30)18(31)21(36-16)28-9-8-14-19(26-22(24)27-20(14)28)25-15-7-6-12-4-2-3-5-13(12)15/h2-5,8-9,15-18,21,29-31H,6-7,10-11H2,1H3,(H,25,26,27)(H2,32,33,34)/t15-,16-,17-,18-,21-,23?/m1/s1. The molecular weight excluding hydrogens is 527 g/mol. The van der Waals surface area contributed by atoms with Crippen LogP contribution in [0.15, 0.2) is 36.5 Å².